The summed E-state index contributed by atoms with van der Waals surface area (Å²) in [6.07, 6.45) is 0. The molecule has 2 aliphatic carbocycles. The van der Waals surface area contributed by atoms with E-state index < -0.39 is 22.7 Å². The molecule has 2 amide bonds. The van der Waals surface area contributed by atoms with Gasteiger partial charge in [0.2, 0.25) is 11.8 Å². The minimum absolute atomic E-state index is 0.162. The maximum absolute atomic E-state index is 16.0. The lowest BCUT2D eigenvalue weighted by molar-refractivity contribution is -0.130. The lowest BCUT2D eigenvalue weighted by atomic mass is 9.59. The first-order valence-corrected chi connectivity index (χ1v) is 16.0. The molecule has 4 atom stereocenters. The number of amides is 2. The Balaban J connectivity index is 1.55. The molecule has 3 aliphatic rings. The summed E-state index contributed by atoms with van der Waals surface area (Å²) in [5.41, 5.74) is 2.78. The van der Waals surface area contributed by atoms with Crippen molar-refractivity contribution in [1.29, 1.82) is 0 Å². The van der Waals surface area contributed by atoms with Gasteiger partial charge in [0.25, 0.3) is 0 Å². The van der Waals surface area contributed by atoms with Crippen molar-refractivity contribution in [2.24, 2.45) is 11.8 Å². The number of ether oxygens (including phenoxy) is 2. The molecule has 1 saturated carbocycles. The van der Waals surface area contributed by atoms with E-state index in [1.807, 2.05) is 140 Å². The van der Waals surface area contributed by atoms with Crippen LogP contribution in [0.2, 0.25) is 0 Å². The number of Topliss-reactive ketones (excluding diaryl/α,β-unsaturated/α-hetero) is 1. The van der Waals surface area contributed by atoms with Gasteiger partial charge < -0.3 is 9.47 Å². The fourth-order valence-corrected chi connectivity index (χ4v) is 8.69. The van der Waals surface area contributed by atoms with Crippen LogP contribution in [0.5, 0.6) is 11.5 Å². The lowest BCUT2D eigenvalue weighted by Crippen LogP contribution is -2.45. The summed E-state index contributed by atoms with van der Waals surface area (Å²) in [5.74, 6) is -1.53. The topological polar surface area (TPSA) is 72.9 Å². The molecule has 5 aromatic rings. The molecule has 0 N–H and O–H groups in total. The number of hydrogen-bond acceptors (Lipinski definition) is 5. The maximum atomic E-state index is 16.0. The summed E-state index contributed by atoms with van der Waals surface area (Å²) in [5, 5.41) is 0. The normalized spacial score (nSPS) is 24.3. The van der Waals surface area contributed by atoms with Crippen LogP contribution in [0, 0.1) is 18.8 Å². The highest BCUT2D eigenvalue weighted by Gasteiger charge is 2.82. The van der Waals surface area contributed by atoms with Crippen LogP contribution >= 0.6 is 0 Å². The van der Waals surface area contributed by atoms with E-state index in [2.05, 4.69) is 0 Å². The molecule has 0 radical (unpaired) electrons. The van der Waals surface area contributed by atoms with E-state index >= 15 is 14.4 Å². The molecule has 2 fully saturated rings. The summed E-state index contributed by atoms with van der Waals surface area (Å²) in [6.45, 7) is 1.90. The van der Waals surface area contributed by atoms with E-state index in [-0.39, 0.29) is 17.6 Å². The number of ketones is 1. The van der Waals surface area contributed by atoms with Gasteiger partial charge in [0.05, 0.1) is 42.6 Å². The number of allylic oxidation sites excluding steroid dienone is 2. The zero-order valence-electron chi connectivity index (χ0n) is 26.8. The molecule has 6 heteroatoms. The van der Waals surface area contributed by atoms with Crippen LogP contribution in [0.4, 0.5) is 5.69 Å². The third kappa shape index (κ3) is 3.71. The van der Waals surface area contributed by atoms with Gasteiger partial charge in [-0.25, -0.2) is 4.90 Å². The monoisotopic (exact) mass is 631 g/mol. The van der Waals surface area contributed by atoms with Gasteiger partial charge in [0.1, 0.15) is 11.5 Å². The summed E-state index contributed by atoms with van der Waals surface area (Å²) >= 11 is 0. The first-order chi connectivity index (χ1) is 23.4. The molecule has 8 rings (SSSR count). The molecular formula is C42H33NO5. The minimum Gasteiger partial charge on any atom is -0.497 e. The summed E-state index contributed by atoms with van der Waals surface area (Å²) < 4.78 is 11.0. The van der Waals surface area contributed by atoms with Crippen molar-refractivity contribution in [2.45, 2.75) is 17.8 Å². The number of carbonyl (C=O) groups excluding carboxylic acids is 3. The number of aryl methyl sites for hydroxylation is 1. The first kappa shape index (κ1) is 29.6. The van der Waals surface area contributed by atoms with Crippen LogP contribution in [0.25, 0.3) is 11.1 Å². The summed E-state index contributed by atoms with van der Waals surface area (Å²) in [7, 11) is 3.23. The number of para-hydroxylation sites is 1. The molecule has 0 aromatic heterocycles. The Kier molecular flexibility index (Phi) is 6.74. The second-order valence-corrected chi connectivity index (χ2v) is 12.6. The van der Waals surface area contributed by atoms with Gasteiger partial charge in [-0.1, -0.05) is 103 Å². The fourth-order valence-electron chi connectivity index (χ4n) is 8.69. The maximum Gasteiger partial charge on any atom is 0.239 e. The SMILES string of the molecule is COc1ccc(C2=C(c3ccc(OC)cc3)[C@@]3(c4ccccc4)C(=O)[C@@]2(c2ccccc2)[C@@H]2C(=O)N(c4ccccc4C)C(=O)[C@@H]23)cc1. The molecule has 0 spiro atoms. The zero-order chi connectivity index (χ0) is 33.2. The Hall–Kier alpha value is -5.75. The molecule has 2 bridgehead atoms. The Morgan fingerprint density at radius 2 is 0.917 bits per heavy atom. The van der Waals surface area contributed by atoms with E-state index in [0.717, 1.165) is 27.8 Å². The second-order valence-electron chi connectivity index (χ2n) is 12.6. The number of anilines is 1. The number of imide groups is 1. The molecule has 0 unspecified atom stereocenters. The van der Waals surface area contributed by atoms with Gasteiger partial charge in [0.15, 0.2) is 5.78 Å². The van der Waals surface area contributed by atoms with Gasteiger partial charge in [-0.2, -0.15) is 0 Å². The number of hydrogen-bond donors (Lipinski definition) is 0. The quantitative estimate of drug-likeness (QED) is 0.178. The Labute approximate surface area is 279 Å². The molecule has 236 valence electrons. The van der Waals surface area contributed by atoms with Crippen LogP contribution in [0.15, 0.2) is 133 Å². The van der Waals surface area contributed by atoms with E-state index in [1.54, 1.807) is 14.2 Å². The van der Waals surface area contributed by atoms with Crippen LogP contribution in [-0.4, -0.2) is 31.8 Å². The predicted molar refractivity (Wildman–Crippen MR) is 185 cm³/mol. The van der Waals surface area contributed by atoms with Crippen molar-refractivity contribution < 1.29 is 23.9 Å². The van der Waals surface area contributed by atoms with Gasteiger partial charge in [-0.15, -0.1) is 0 Å². The standard InChI is InChI=1S/C42H33NO5/c1-26-12-10-11-17-33(26)43-38(44)36-37(39(43)45)42(30-15-8-5-9-16-30)35(28-20-24-32(48-3)25-21-28)34(27-18-22-31(47-2)23-19-27)41(36,40(42)46)29-13-6-4-7-14-29/h4-25,36-37H,1-3H3/t36-,37+,41-,42-/m1/s1. The van der Waals surface area contributed by atoms with E-state index in [9.17, 15) is 0 Å². The average molecular weight is 632 g/mol. The van der Waals surface area contributed by atoms with E-state index in [1.165, 1.54) is 4.90 Å². The predicted octanol–water partition coefficient (Wildman–Crippen LogP) is 7.20. The summed E-state index contributed by atoms with van der Waals surface area (Å²) in [6, 6.07) is 41.8. The van der Waals surface area contributed by atoms with Crippen molar-refractivity contribution >= 4 is 34.4 Å². The third-order valence-corrected chi connectivity index (χ3v) is 10.6. The van der Waals surface area contributed by atoms with Gasteiger partial charge in [-0.05, 0) is 76.2 Å². The lowest BCUT2D eigenvalue weighted by Gasteiger charge is -2.39. The Bertz CT molecular complexity index is 1990. The highest BCUT2D eigenvalue weighted by molar-refractivity contribution is 6.39. The first-order valence-electron chi connectivity index (χ1n) is 16.0. The average Bonchev–Trinajstić information content (AvgIpc) is 3.64. The highest BCUT2D eigenvalue weighted by Crippen LogP contribution is 2.74. The Morgan fingerprint density at radius 3 is 1.31 bits per heavy atom. The van der Waals surface area contributed by atoms with E-state index in [4.69, 9.17) is 9.47 Å². The molecule has 6 nitrogen and oxygen atoms in total. The van der Waals surface area contributed by atoms with Crippen molar-refractivity contribution in [2.75, 3.05) is 19.1 Å². The van der Waals surface area contributed by atoms with Crippen molar-refractivity contribution in [1.82, 2.24) is 0 Å². The molecule has 1 saturated heterocycles. The van der Waals surface area contributed by atoms with Crippen molar-refractivity contribution in [3.63, 3.8) is 0 Å². The molecule has 5 aromatic carbocycles. The van der Waals surface area contributed by atoms with Crippen LogP contribution in [-0.2, 0) is 25.2 Å². The Morgan fingerprint density at radius 1 is 0.521 bits per heavy atom. The zero-order valence-corrected chi connectivity index (χ0v) is 26.8. The van der Waals surface area contributed by atoms with E-state index in [0.29, 0.717) is 28.3 Å². The second kappa shape index (κ2) is 10.9. The molecule has 1 heterocycles. The number of rotatable bonds is 7. The number of benzene rings is 5. The van der Waals surface area contributed by atoms with Crippen LogP contribution in [0.3, 0.4) is 0 Å². The molecule has 1 aliphatic heterocycles. The van der Waals surface area contributed by atoms with Gasteiger partial charge in [-0.3, -0.25) is 14.4 Å². The minimum atomic E-state index is -1.48. The smallest absolute Gasteiger partial charge is 0.239 e. The highest BCUT2D eigenvalue weighted by atomic mass is 16.5. The number of nitrogens with zero attached hydrogens (tertiary/aromatic N) is 1. The fraction of sp³-hybridized carbons (Fsp3) is 0.167. The third-order valence-electron chi connectivity index (χ3n) is 10.6. The largest absolute Gasteiger partial charge is 0.497 e. The van der Waals surface area contributed by atoms with Gasteiger partial charge in [0, 0.05) is 0 Å². The van der Waals surface area contributed by atoms with Crippen LogP contribution in [0.1, 0.15) is 27.8 Å². The number of carbonyl (C=O) groups is 3. The molecular weight excluding hydrogens is 598 g/mol. The number of methoxy groups -OCH3 is 2. The summed E-state index contributed by atoms with van der Waals surface area (Å²) in [4.78, 5) is 47.6. The molecule has 48 heavy (non-hydrogen) atoms. The van der Waals surface area contributed by atoms with Crippen LogP contribution < -0.4 is 14.4 Å². The van der Waals surface area contributed by atoms with Crippen molar-refractivity contribution in [3.8, 4) is 11.5 Å². The van der Waals surface area contributed by atoms with Gasteiger partial charge >= 0.3 is 0 Å². The number of fused-ring (bicyclic) bond motifs is 5. The van der Waals surface area contributed by atoms with Crippen molar-refractivity contribution in [3.05, 3.63) is 161 Å².